The summed E-state index contributed by atoms with van der Waals surface area (Å²) in [4.78, 5) is 42.7. The fourth-order valence-corrected chi connectivity index (χ4v) is 5.03. The molecule has 1 aliphatic heterocycles. The van der Waals surface area contributed by atoms with Crippen molar-refractivity contribution in [2.45, 2.75) is 24.8 Å². The summed E-state index contributed by atoms with van der Waals surface area (Å²) >= 11 is 0. The molecule has 4 aromatic rings. The molecule has 0 aliphatic carbocycles. The van der Waals surface area contributed by atoms with E-state index in [-0.39, 0.29) is 24.3 Å². The average molecular weight is 559 g/mol. The van der Waals surface area contributed by atoms with E-state index in [9.17, 15) is 27.6 Å². The predicted molar refractivity (Wildman–Crippen MR) is 146 cm³/mol. The Morgan fingerprint density at radius 2 is 1.73 bits per heavy atom. The number of carbonyl (C=O) groups is 3. The number of fused-ring (bicyclic) bond motifs is 1. The Morgan fingerprint density at radius 3 is 2.49 bits per heavy atom. The minimum absolute atomic E-state index is 0.0261. The Morgan fingerprint density at radius 1 is 0.951 bits per heavy atom. The highest BCUT2D eigenvalue weighted by molar-refractivity contribution is 6.05. The molecule has 1 unspecified atom stereocenters. The third-order valence-corrected chi connectivity index (χ3v) is 6.88. The van der Waals surface area contributed by atoms with Gasteiger partial charge in [0.15, 0.2) is 0 Å². The fourth-order valence-electron chi connectivity index (χ4n) is 5.03. The number of amides is 3. The minimum Gasteiger partial charge on any atom is -0.355 e. The van der Waals surface area contributed by atoms with Gasteiger partial charge in [-0.05, 0) is 71.6 Å². The highest BCUT2D eigenvalue weighted by Crippen LogP contribution is 2.36. The number of anilines is 1. The molecule has 208 valence electrons. The maximum Gasteiger partial charge on any atom is 0.251 e. The number of hydrogen-bond acceptors (Lipinski definition) is 4. The first-order chi connectivity index (χ1) is 19.7. The average Bonchev–Trinajstić information content (AvgIpc) is 3.25. The van der Waals surface area contributed by atoms with Crippen molar-refractivity contribution in [2.24, 2.45) is 0 Å². The molecule has 2 atom stereocenters. The van der Waals surface area contributed by atoms with Gasteiger partial charge in [-0.2, -0.15) is 0 Å². The SMILES string of the molecule is CNC(=O)c1cccc(-c2cccnc2[C@H](Cc2cc(F)cc(F)c2)NC(=O)CC2C(=O)Nc3ccc(F)cc32)c1. The van der Waals surface area contributed by atoms with Crippen LogP contribution in [-0.2, 0) is 16.0 Å². The number of halogens is 3. The molecule has 7 nitrogen and oxygen atoms in total. The van der Waals surface area contributed by atoms with E-state index < -0.39 is 41.2 Å². The number of benzene rings is 3. The maximum absolute atomic E-state index is 14.1. The number of aromatic nitrogens is 1. The van der Waals surface area contributed by atoms with Gasteiger partial charge in [0.1, 0.15) is 17.5 Å². The van der Waals surface area contributed by atoms with Crippen molar-refractivity contribution in [1.82, 2.24) is 15.6 Å². The van der Waals surface area contributed by atoms with Gasteiger partial charge in [-0.1, -0.05) is 18.2 Å². The van der Waals surface area contributed by atoms with Crippen molar-refractivity contribution in [2.75, 3.05) is 12.4 Å². The van der Waals surface area contributed by atoms with Crippen LogP contribution in [0.15, 0.2) is 79.0 Å². The monoisotopic (exact) mass is 558 g/mol. The van der Waals surface area contributed by atoms with Crippen molar-refractivity contribution in [3.8, 4) is 11.1 Å². The van der Waals surface area contributed by atoms with Crippen LogP contribution in [0.25, 0.3) is 11.1 Å². The number of carbonyl (C=O) groups excluding carboxylic acids is 3. The molecule has 3 amide bonds. The lowest BCUT2D eigenvalue weighted by molar-refractivity contribution is -0.125. The highest BCUT2D eigenvalue weighted by atomic mass is 19.1. The summed E-state index contributed by atoms with van der Waals surface area (Å²) in [6.45, 7) is 0. The van der Waals surface area contributed by atoms with Crippen molar-refractivity contribution in [3.63, 3.8) is 0 Å². The molecule has 1 aliphatic rings. The van der Waals surface area contributed by atoms with Crippen LogP contribution in [0.5, 0.6) is 0 Å². The summed E-state index contributed by atoms with van der Waals surface area (Å²) < 4.78 is 42.1. The lowest BCUT2D eigenvalue weighted by atomic mass is 9.93. The molecule has 3 N–H and O–H groups in total. The first kappa shape index (κ1) is 27.6. The summed E-state index contributed by atoms with van der Waals surface area (Å²) in [5.41, 5.74) is 3.11. The quantitative estimate of drug-likeness (QED) is 0.282. The molecule has 0 radical (unpaired) electrons. The van der Waals surface area contributed by atoms with Gasteiger partial charge < -0.3 is 16.0 Å². The molecule has 2 heterocycles. The molecule has 0 spiro atoms. The molecule has 0 saturated heterocycles. The normalized spacial score (nSPS) is 14.6. The predicted octanol–water partition coefficient (Wildman–Crippen LogP) is 5.05. The zero-order valence-corrected chi connectivity index (χ0v) is 21.9. The first-order valence-corrected chi connectivity index (χ1v) is 12.8. The second-order valence-electron chi connectivity index (χ2n) is 9.68. The van der Waals surface area contributed by atoms with Crippen molar-refractivity contribution >= 4 is 23.4 Å². The second kappa shape index (κ2) is 11.6. The van der Waals surface area contributed by atoms with Gasteiger partial charge in [-0.25, -0.2) is 13.2 Å². The summed E-state index contributed by atoms with van der Waals surface area (Å²) in [5, 5.41) is 8.10. The number of nitrogens with zero attached hydrogens (tertiary/aromatic N) is 1. The minimum atomic E-state index is -0.916. The van der Waals surface area contributed by atoms with Crippen LogP contribution >= 0.6 is 0 Å². The number of hydrogen-bond donors (Lipinski definition) is 3. The lowest BCUT2D eigenvalue weighted by Gasteiger charge is -2.22. The van der Waals surface area contributed by atoms with E-state index in [4.69, 9.17) is 0 Å². The molecule has 0 fully saturated rings. The first-order valence-electron chi connectivity index (χ1n) is 12.8. The number of rotatable bonds is 8. The number of nitrogens with one attached hydrogen (secondary N) is 3. The van der Waals surface area contributed by atoms with Crippen LogP contribution in [0.1, 0.15) is 45.6 Å². The summed E-state index contributed by atoms with van der Waals surface area (Å²) in [6.07, 6.45) is 1.21. The van der Waals surface area contributed by atoms with Gasteiger partial charge in [0, 0.05) is 42.5 Å². The Hall–Kier alpha value is -4.99. The van der Waals surface area contributed by atoms with E-state index in [1.54, 1.807) is 36.4 Å². The Kier molecular flexibility index (Phi) is 7.82. The lowest BCUT2D eigenvalue weighted by Crippen LogP contribution is -2.33. The van der Waals surface area contributed by atoms with Crippen LogP contribution in [-0.4, -0.2) is 29.8 Å². The molecule has 10 heteroatoms. The number of pyridine rings is 1. The van der Waals surface area contributed by atoms with Gasteiger partial charge in [-0.3, -0.25) is 19.4 Å². The molecule has 3 aromatic carbocycles. The van der Waals surface area contributed by atoms with Gasteiger partial charge in [0.2, 0.25) is 11.8 Å². The third-order valence-electron chi connectivity index (χ3n) is 6.88. The zero-order valence-electron chi connectivity index (χ0n) is 21.9. The molecular weight excluding hydrogens is 533 g/mol. The smallest absolute Gasteiger partial charge is 0.251 e. The van der Waals surface area contributed by atoms with Crippen molar-refractivity contribution < 1.29 is 27.6 Å². The molecule has 41 heavy (non-hydrogen) atoms. The fraction of sp³-hybridized carbons (Fsp3) is 0.161. The largest absolute Gasteiger partial charge is 0.355 e. The van der Waals surface area contributed by atoms with Crippen LogP contribution in [0.4, 0.5) is 18.9 Å². The van der Waals surface area contributed by atoms with Crippen LogP contribution in [0, 0.1) is 17.5 Å². The standard InChI is InChI=1S/C31H25F3N4O3/c1-35-30(40)19-5-2-4-18(13-19)23-6-3-9-36-29(23)27(12-17-10-21(33)14-22(34)11-17)37-28(39)16-25-24-15-20(32)7-8-26(24)38-31(25)41/h2-11,13-15,25,27H,12,16H2,1H3,(H,35,40)(H,37,39)(H,38,41)/t25?,27-/m0/s1. The summed E-state index contributed by atoms with van der Waals surface area (Å²) in [7, 11) is 1.52. The molecule has 1 aromatic heterocycles. The van der Waals surface area contributed by atoms with Gasteiger partial charge in [0.05, 0.1) is 17.7 Å². The highest BCUT2D eigenvalue weighted by Gasteiger charge is 2.33. The van der Waals surface area contributed by atoms with Crippen molar-refractivity contribution in [3.05, 3.63) is 119 Å². The van der Waals surface area contributed by atoms with Gasteiger partial charge in [-0.15, -0.1) is 0 Å². The molecule has 0 saturated carbocycles. The van der Waals surface area contributed by atoms with Crippen LogP contribution < -0.4 is 16.0 Å². The Bertz CT molecular complexity index is 1640. The van der Waals surface area contributed by atoms with E-state index in [1.165, 1.54) is 43.6 Å². The molecular formula is C31H25F3N4O3. The topological polar surface area (TPSA) is 100 Å². The van der Waals surface area contributed by atoms with Gasteiger partial charge >= 0.3 is 0 Å². The Labute approximate surface area is 233 Å². The third kappa shape index (κ3) is 6.11. The van der Waals surface area contributed by atoms with E-state index in [2.05, 4.69) is 20.9 Å². The van der Waals surface area contributed by atoms with Crippen LogP contribution in [0.2, 0.25) is 0 Å². The summed E-state index contributed by atoms with van der Waals surface area (Å²) in [6, 6.07) is 16.4. The molecule has 0 bridgehead atoms. The van der Waals surface area contributed by atoms with E-state index in [1.807, 2.05) is 0 Å². The second-order valence-corrected chi connectivity index (χ2v) is 9.68. The van der Waals surface area contributed by atoms with Gasteiger partial charge in [0.25, 0.3) is 5.91 Å². The Balaban J connectivity index is 1.50. The summed E-state index contributed by atoms with van der Waals surface area (Å²) in [5.74, 6) is -4.26. The van der Waals surface area contributed by atoms with E-state index in [0.717, 1.165) is 6.07 Å². The van der Waals surface area contributed by atoms with E-state index >= 15 is 0 Å². The van der Waals surface area contributed by atoms with Crippen molar-refractivity contribution in [1.29, 1.82) is 0 Å². The van der Waals surface area contributed by atoms with Crippen LogP contribution in [0.3, 0.4) is 0 Å². The van der Waals surface area contributed by atoms with E-state index in [0.29, 0.717) is 33.6 Å². The molecule has 5 rings (SSSR count). The maximum atomic E-state index is 14.1. The zero-order chi connectivity index (χ0) is 29.1.